The van der Waals surface area contributed by atoms with Gasteiger partial charge in [-0.05, 0) is 12.8 Å². The highest BCUT2D eigenvalue weighted by Crippen LogP contribution is 2.30. The summed E-state index contributed by atoms with van der Waals surface area (Å²) >= 11 is 0. The molecule has 0 aliphatic heterocycles. The average Bonchev–Trinajstić information content (AvgIpc) is 2.66. The maximum atomic E-state index is 11.1. The van der Waals surface area contributed by atoms with Crippen LogP contribution in [0.4, 0.5) is 17.3 Å². The van der Waals surface area contributed by atoms with Gasteiger partial charge < -0.3 is 10.7 Å². The molecule has 0 amide bonds. The van der Waals surface area contributed by atoms with Gasteiger partial charge >= 0.3 is 5.69 Å². The Bertz CT molecular complexity index is 445. The molecule has 1 heterocycles. The Hall–Kier alpha value is -1.96. The van der Waals surface area contributed by atoms with Crippen LogP contribution in [0, 0.1) is 10.1 Å². The van der Waals surface area contributed by atoms with E-state index in [2.05, 4.69) is 20.7 Å². The maximum Gasteiger partial charge on any atom is 0.354 e. The lowest BCUT2D eigenvalue weighted by Crippen LogP contribution is -2.21. The molecule has 0 aromatic carbocycles. The Morgan fingerprint density at radius 3 is 2.42 bits per heavy atom. The van der Waals surface area contributed by atoms with Crippen molar-refractivity contribution in [3.05, 3.63) is 16.4 Å². The van der Waals surface area contributed by atoms with E-state index in [4.69, 9.17) is 5.84 Å². The highest BCUT2D eigenvalue weighted by atomic mass is 16.6. The molecule has 0 unspecified atom stereocenters. The Morgan fingerprint density at radius 2 is 1.84 bits per heavy atom. The van der Waals surface area contributed by atoms with Gasteiger partial charge in [0, 0.05) is 6.04 Å². The fourth-order valence-electron chi connectivity index (χ4n) is 2.38. The zero-order valence-corrected chi connectivity index (χ0v) is 10.6. The number of nitrogens with one attached hydrogen (secondary N) is 2. The summed E-state index contributed by atoms with van der Waals surface area (Å²) in [4.78, 5) is 18.3. The Kier molecular flexibility index (Phi) is 4.45. The molecule has 8 heteroatoms. The molecule has 19 heavy (non-hydrogen) atoms. The monoisotopic (exact) mass is 266 g/mol. The number of rotatable bonds is 4. The van der Waals surface area contributed by atoms with Crippen molar-refractivity contribution in [1.29, 1.82) is 0 Å². The van der Waals surface area contributed by atoms with Gasteiger partial charge in [0.25, 0.3) is 0 Å². The summed E-state index contributed by atoms with van der Waals surface area (Å²) in [6.07, 6.45) is 8.00. The summed E-state index contributed by atoms with van der Waals surface area (Å²) in [5, 5.41) is 14.3. The highest BCUT2D eigenvalue weighted by Gasteiger charge is 2.24. The zero-order valence-electron chi connectivity index (χ0n) is 10.6. The van der Waals surface area contributed by atoms with Gasteiger partial charge in [-0.2, -0.15) is 0 Å². The Labute approximate surface area is 110 Å². The van der Waals surface area contributed by atoms with Crippen molar-refractivity contribution >= 4 is 17.3 Å². The van der Waals surface area contributed by atoms with E-state index in [1.54, 1.807) is 0 Å². The van der Waals surface area contributed by atoms with E-state index in [1.165, 1.54) is 19.2 Å². The van der Waals surface area contributed by atoms with Crippen LogP contribution in [0.3, 0.4) is 0 Å². The SMILES string of the molecule is NNc1ncnc(NC2CCCCCC2)c1[N+](=O)[O-]. The summed E-state index contributed by atoms with van der Waals surface area (Å²) in [7, 11) is 0. The standard InChI is InChI=1S/C11H18N6O2/c12-16-11-9(17(18)19)10(13-7-14-11)15-8-5-3-1-2-4-6-8/h7-8H,1-6,12H2,(H2,13,14,15,16). The summed E-state index contributed by atoms with van der Waals surface area (Å²) in [6.45, 7) is 0. The van der Waals surface area contributed by atoms with Crippen LogP contribution in [0.1, 0.15) is 38.5 Å². The quantitative estimate of drug-likeness (QED) is 0.329. The lowest BCUT2D eigenvalue weighted by Gasteiger charge is -2.17. The molecule has 4 N–H and O–H groups in total. The van der Waals surface area contributed by atoms with Crippen LogP contribution < -0.4 is 16.6 Å². The minimum absolute atomic E-state index is 0.0242. The molecule has 1 aromatic rings. The molecule has 2 rings (SSSR count). The second-order valence-electron chi connectivity index (χ2n) is 4.65. The molecule has 0 radical (unpaired) electrons. The van der Waals surface area contributed by atoms with Crippen LogP contribution in [-0.2, 0) is 0 Å². The molecule has 1 fully saturated rings. The minimum Gasteiger partial charge on any atom is -0.361 e. The fourth-order valence-corrected chi connectivity index (χ4v) is 2.38. The molecular weight excluding hydrogens is 248 g/mol. The van der Waals surface area contributed by atoms with E-state index in [0.717, 1.165) is 25.7 Å². The van der Waals surface area contributed by atoms with Crippen LogP contribution in [0.5, 0.6) is 0 Å². The van der Waals surface area contributed by atoms with Crippen molar-refractivity contribution in [3.8, 4) is 0 Å². The van der Waals surface area contributed by atoms with Gasteiger partial charge in [-0.1, -0.05) is 25.7 Å². The minimum atomic E-state index is -0.520. The molecule has 0 bridgehead atoms. The second-order valence-corrected chi connectivity index (χ2v) is 4.65. The van der Waals surface area contributed by atoms with Gasteiger partial charge in [-0.3, -0.25) is 10.1 Å². The van der Waals surface area contributed by atoms with E-state index in [1.807, 2.05) is 0 Å². The van der Waals surface area contributed by atoms with E-state index in [0.29, 0.717) is 0 Å². The number of nitrogens with zero attached hydrogens (tertiary/aromatic N) is 3. The fraction of sp³-hybridized carbons (Fsp3) is 0.636. The third-order valence-electron chi connectivity index (χ3n) is 3.34. The molecule has 0 spiro atoms. The van der Waals surface area contributed by atoms with E-state index < -0.39 is 4.92 Å². The number of nitro groups is 1. The van der Waals surface area contributed by atoms with E-state index in [9.17, 15) is 10.1 Å². The van der Waals surface area contributed by atoms with Crippen LogP contribution >= 0.6 is 0 Å². The molecule has 104 valence electrons. The van der Waals surface area contributed by atoms with Gasteiger partial charge in [-0.15, -0.1) is 0 Å². The maximum absolute atomic E-state index is 11.1. The number of nitrogen functional groups attached to an aromatic ring is 1. The first-order valence-corrected chi connectivity index (χ1v) is 6.45. The number of nitrogens with two attached hydrogens (primary N) is 1. The molecule has 0 saturated heterocycles. The van der Waals surface area contributed by atoms with Gasteiger partial charge in [0.1, 0.15) is 6.33 Å². The number of hydrogen-bond donors (Lipinski definition) is 3. The first-order valence-electron chi connectivity index (χ1n) is 6.45. The van der Waals surface area contributed by atoms with Crippen LogP contribution in [0.2, 0.25) is 0 Å². The van der Waals surface area contributed by atoms with E-state index >= 15 is 0 Å². The predicted octanol–water partition coefficient (Wildman–Crippen LogP) is 1.81. The van der Waals surface area contributed by atoms with Gasteiger partial charge in [0.2, 0.25) is 11.6 Å². The van der Waals surface area contributed by atoms with Crippen molar-refractivity contribution in [2.45, 2.75) is 44.6 Å². The summed E-state index contributed by atoms with van der Waals surface area (Å²) < 4.78 is 0. The summed E-state index contributed by atoms with van der Waals surface area (Å²) in [6, 6.07) is 0.224. The smallest absolute Gasteiger partial charge is 0.354 e. The first kappa shape index (κ1) is 13.5. The van der Waals surface area contributed by atoms with Gasteiger partial charge in [0.15, 0.2) is 0 Å². The topological polar surface area (TPSA) is 119 Å². The molecule has 1 aliphatic carbocycles. The van der Waals surface area contributed by atoms with Crippen molar-refractivity contribution in [1.82, 2.24) is 9.97 Å². The normalized spacial score (nSPS) is 16.7. The number of aromatic nitrogens is 2. The number of hydrogen-bond acceptors (Lipinski definition) is 7. The molecule has 8 nitrogen and oxygen atoms in total. The largest absolute Gasteiger partial charge is 0.361 e. The van der Waals surface area contributed by atoms with Gasteiger partial charge in [0.05, 0.1) is 4.92 Å². The lowest BCUT2D eigenvalue weighted by molar-refractivity contribution is -0.383. The van der Waals surface area contributed by atoms with Crippen molar-refractivity contribution in [3.63, 3.8) is 0 Å². The van der Waals surface area contributed by atoms with Crippen molar-refractivity contribution in [2.75, 3.05) is 10.7 Å². The summed E-state index contributed by atoms with van der Waals surface area (Å²) in [5.41, 5.74) is 2.03. The summed E-state index contributed by atoms with van der Waals surface area (Å²) in [5.74, 6) is 5.50. The Balaban J connectivity index is 2.21. The average molecular weight is 266 g/mol. The van der Waals surface area contributed by atoms with Crippen LogP contribution in [-0.4, -0.2) is 20.9 Å². The first-order chi connectivity index (χ1) is 9.22. The highest BCUT2D eigenvalue weighted by molar-refractivity contribution is 5.69. The third kappa shape index (κ3) is 3.28. The second kappa shape index (κ2) is 6.28. The van der Waals surface area contributed by atoms with Crippen LogP contribution in [0.25, 0.3) is 0 Å². The molecule has 1 aliphatic rings. The predicted molar refractivity (Wildman–Crippen MR) is 71.6 cm³/mol. The Morgan fingerprint density at radius 1 is 1.21 bits per heavy atom. The molecule has 1 saturated carbocycles. The number of anilines is 2. The van der Waals surface area contributed by atoms with Crippen molar-refractivity contribution in [2.24, 2.45) is 5.84 Å². The zero-order chi connectivity index (χ0) is 13.7. The molecule has 0 atom stereocenters. The lowest BCUT2D eigenvalue weighted by atomic mass is 10.1. The number of hydrazine groups is 1. The third-order valence-corrected chi connectivity index (χ3v) is 3.34. The van der Waals surface area contributed by atoms with Crippen molar-refractivity contribution < 1.29 is 4.92 Å². The van der Waals surface area contributed by atoms with Crippen LogP contribution in [0.15, 0.2) is 6.33 Å². The molecule has 1 aromatic heterocycles. The molecular formula is C11H18N6O2. The van der Waals surface area contributed by atoms with Gasteiger partial charge in [-0.25, -0.2) is 15.8 Å². The van der Waals surface area contributed by atoms with E-state index in [-0.39, 0.29) is 23.4 Å².